The second kappa shape index (κ2) is 9.11. The van der Waals surface area contributed by atoms with Gasteiger partial charge in [-0.1, -0.05) is 13.0 Å². The number of para-hydroxylation sites is 1. The first-order valence-electron chi connectivity index (χ1n) is 9.76. The third-order valence-electron chi connectivity index (χ3n) is 5.02. The summed E-state index contributed by atoms with van der Waals surface area (Å²) < 4.78 is 24.8. The molecule has 2 aliphatic heterocycles. The Morgan fingerprint density at radius 3 is 2.90 bits per heavy atom. The van der Waals surface area contributed by atoms with Gasteiger partial charge in [-0.3, -0.25) is 0 Å². The molecule has 0 bridgehead atoms. The van der Waals surface area contributed by atoms with Crippen LogP contribution in [0.1, 0.15) is 18.7 Å². The number of thioether (sulfide) groups is 1. The molecule has 30 heavy (non-hydrogen) atoms. The van der Waals surface area contributed by atoms with Gasteiger partial charge in [-0.15, -0.1) is 11.8 Å². The van der Waals surface area contributed by atoms with Gasteiger partial charge in [-0.2, -0.15) is 4.98 Å². The molecule has 0 radical (unpaired) electrons. The number of ether oxygens (including phenoxy) is 4. The Morgan fingerprint density at radius 1 is 1.33 bits per heavy atom. The Bertz CT molecular complexity index is 970. The summed E-state index contributed by atoms with van der Waals surface area (Å²) in [5, 5.41) is 13.7. The summed E-state index contributed by atoms with van der Waals surface area (Å²) in [5.74, 6) is 2.40. The van der Waals surface area contributed by atoms with E-state index in [1.807, 2.05) is 18.2 Å². The fourth-order valence-electron chi connectivity index (χ4n) is 3.63. The topological polar surface area (TPSA) is 87.0 Å². The van der Waals surface area contributed by atoms with E-state index in [0.717, 1.165) is 12.1 Å². The maximum absolute atomic E-state index is 10.8. The lowest BCUT2D eigenvalue weighted by molar-refractivity contribution is -0.0209. The van der Waals surface area contributed by atoms with Crippen molar-refractivity contribution in [1.82, 2.24) is 9.55 Å². The van der Waals surface area contributed by atoms with Gasteiger partial charge >= 0.3 is 0 Å². The predicted molar refractivity (Wildman–Crippen MR) is 118 cm³/mol. The number of methoxy groups -OCH3 is 2. The molecule has 162 valence electrons. The number of aromatic nitrogens is 2. The average Bonchev–Trinajstić information content (AvgIpc) is 3.05. The van der Waals surface area contributed by atoms with Crippen LogP contribution in [0, 0.1) is 4.77 Å². The molecule has 8 nitrogen and oxygen atoms in total. The van der Waals surface area contributed by atoms with Gasteiger partial charge in [0.15, 0.2) is 17.3 Å². The molecule has 0 spiro atoms. The van der Waals surface area contributed by atoms with Gasteiger partial charge in [0.05, 0.1) is 24.7 Å². The van der Waals surface area contributed by atoms with Crippen LogP contribution in [0.2, 0.25) is 0 Å². The standard InChI is InChI=1S/C20H25N3O5S2/c1-4-8-27-11-6-5-7-12-15(11)21-18-13(28-12)9-23(20(29)22-18)19-16(24)17(26-3)14(30-19)10-25-2/h5-7,9,14,16-17,19,24H,4,8,10H2,1-3H3,(H,21,22,29)/t14-,16+,17?,19-/m1/s1. The van der Waals surface area contributed by atoms with E-state index in [2.05, 4.69) is 17.2 Å². The lowest BCUT2D eigenvalue weighted by Gasteiger charge is -2.26. The van der Waals surface area contributed by atoms with E-state index < -0.39 is 6.10 Å². The molecule has 1 aromatic carbocycles. The molecule has 10 heteroatoms. The van der Waals surface area contributed by atoms with Crippen LogP contribution in [0.15, 0.2) is 24.4 Å². The van der Waals surface area contributed by atoms with E-state index in [9.17, 15) is 5.11 Å². The maximum atomic E-state index is 10.8. The van der Waals surface area contributed by atoms with Crippen molar-refractivity contribution < 1.29 is 24.1 Å². The van der Waals surface area contributed by atoms with Crippen LogP contribution in [0.25, 0.3) is 0 Å². The van der Waals surface area contributed by atoms with Crippen molar-refractivity contribution in [3.8, 4) is 17.2 Å². The number of hydrogen-bond acceptors (Lipinski definition) is 9. The molecular weight excluding hydrogens is 426 g/mol. The van der Waals surface area contributed by atoms with E-state index in [-0.39, 0.29) is 16.7 Å². The lowest BCUT2D eigenvalue weighted by Crippen LogP contribution is -2.35. The first-order valence-corrected chi connectivity index (χ1v) is 11.1. The van der Waals surface area contributed by atoms with Crippen LogP contribution in [0.5, 0.6) is 17.2 Å². The minimum absolute atomic E-state index is 0.0176. The number of nitrogens with one attached hydrogen (secondary N) is 1. The smallest absolute Gasteiger partial charge is 0.202 e. The molecule has 0 saturated carbocycles. The molecule has 1 saturated heterocycles. The normalized spacial score (nSPS) is 24.5. The highest BCUT2D eigenvalue weighted by atomic mass is 32.2. The molecule has 2 aliphatic rings. The molecule has 0 aliphatic carbocycles. The molecule has 4 rings (SSSR count). The molecule has 0 amide bonds. The lowest BCUT2D eigenvalue weighted by atomic mass is 10.1. The zero-order valence-corrected chi connectivity index (χ0v) is 18.7. The summed E-state index contributed by atoms with van der Waals surface area (Å²) in [7, 11) is 3.22. The van der Waals surface area contributed by atoms with Gasteiger partial charge in [0.2, 0.25) is 4.77 Å². The predicted octanol–water partition coefficient (Wildman–Crippen LogP) is 3.89. The first kappa shape index (κ1) is 21.4. The summed E-state index contributed by atoms with van der Waals surface area (Å²) in [6, 6.07) is 5.64. The monoisotopic (exact) mass is 451 g/mol. The van der Waals surface area contributed by atoms with E-state index >= 15 is 0 Å². The quantitative estimate of drug-likeness (QED) is 0.520. The van der Waals surface area contributed by atoms with Crippen LogP contribution < -0.4 is 14.8 Å². The summed E-state index contributed by atoms with van der Waals surface area (Å²) in [5.41, 5.74) is 0.730. The number of rotatable bonds is 7. The van der Waals surface area contributed by atoms with Crippen LogP contribution in [0.4, 0.5) is 11.5 Å². The number of aliphatic hydroxyl groups is 1. The van der Waals surface area contributed by atoms with Gasteiger partial charge in [0, 0.05) is 14.2 Å². The van der Waals surface area contributed by atoms with Crippen molar-refractivity contribution in [3.63, 3.8) is 0 Å². The Balaban J connectivity index is 1.64. The third-order valence-corrected chi connectivity index (χ3v) is 6.86. The van der Waals surface area contributed by atoms with Crippen LogP contribution >= 0.6 is 24.0 Å². The Kier molecular flexibility index (Phi) is 6.49. The van der Waals surface area contributed by atoms with Crippen LogP contribution in [0.3, 0.4) is 0 Å². The zero-order chi connectivity index (χ0) is 21.3. The summed E-state index contributed by atoms with van der Waals surface area (Å²) in [6.07, 6.45) is 1.56. The highest BCUT2D eigenvalue weighted by Crippen LogP contribution is 2.48. The Morgan fingerprint density at radius 2 is 2.17 bits per heavy atom. The van der Waals surface area contributed by atoms with E-state index in [1.54, 1.807) is 36.7 Å². The van der Waals surface area contributed by atoms with E-state index in [4.69, 9.17) is 31.2 Å². The minimum Gasteiger partial charge on any atom is -0.491 e. The van der Waals surface area contributed by atoms with Crippen molar-refractivity contribution >= 4 is 35.5 Å². The van der Waals surface area contributed by atoms with Crippen molar-refractivity contribution in [2.24, 2.45) is 0 Å². The fourth-order valence-corrected chi connectivity index (χ4v) is 5.56. The van der Waals surface area contributed by atoms with Crippen molar-refractivity contribution in [3.05, 3.63) is 29.2 Å². The number of benzene rings is 1. The van der Waals surface area contributed by atoms with Crippen molar-refractivity contribution in [1.29, 1.82) is 0 Å². The molecular formula is C20H25N3O5S2. The summed E-state index contributed by atoms with van der Waals surface area (Å²) >= 11 is 7.09. The third kappa shape index (κ3) is 3.90. The SMILES string of the molecule is CCCOc1cccc2c1Nc1nc(=S)n([C@@H]3S[C@H](COC)C(OC)[C@@H]3O)cc1O2. The number of anilines is 2. The molecule has 3 heterocycles. The molecule has 1 fully saturated rings. The Hall–Kier alpha value is -1.85. The van der Waals surface area contributed by atoms with Gasteiger partial charge in [-0.25, -0.2) is 0 Å². The van der Waals surface area contributed by atoms with Gasteiger partial charge in [-0.05, 0) is 30.8 Å². The second-order valence-corrected chi connectivity index (χ2v) is 8.79. The summed E-state index contributed by atoms with van der Waals surface area (Å²) in [4.78, 5) is 4.52. The molecule has 4 atom stereocenters. The number of aliphatic hydroxyl groups excluding tert-OH is 1. The number of hydrogen-bond donors (Lipinski definition) is 2. The van der Waals surface area contributed by atoms with Crippen LogP contribution in [-0.4, -0.2) is 59.5 Å². The zero-order valence-electron chi connectivity index (χ0n) is 17.0. The number of nitrogens with zero attached hydrogens (tertiary/aromatic N) is 2. The second-order valence-electron chi connectivity index (χ2n) is 7.06. The highest BCUT2D eigenvalue weighted by Gasteiger charge is 2.45. The van der Waals surface area contributed by atoms with Gasteiger partial charge < -0.3 is 33.9 Å². The fraction of sp³-hybridized carbons (Fsp3) is 0.500. The largest absolute Gasteiger partial charge is 0.491 e. The highest BCUT2D eigenvalue weighted by molar-refractivity contribution is 8.00. The van der Waals surface area contributed by atoms with Crippen LogP contribution in [-0.2, 0) is 9.47 Å². The van der Waals surface area contributed by atoms with Gasteiger partial charge in [0.25, 0.3) is 0 Å². The molecule has 1 unspecified atom stereocenters. The van der Waals surface area contributed by atoms with E-state index in [1.165, 1.54) is 0 Å². The van der Waals surface area contributed by atoms with Crippen molar-refractivity contribution in [2.45, 2.75) is 36.2 Å². The minimum atomic E-state index is -0.760. The Labute approximate surface area is 184 Å². The average molecular weight is 452 g/mol. The number of fused-ring (bicyclic) bond motifs is 2. The van der Waals surface area contributed by atoms with E-state index in [0.29, 0.717) is 41.1 Å². The summed E-state index contributed by atoms with van der Waals surface area (Å²) in [6.45, 7) is 3.13. The first-order chi connectivity index (χ1) is 14.6. The van der Waals surface area contributed by atoms with Gasteiger partial charge in [0.1, 0.15) is 29.0 Å². The molecule has 2 aromatic rings. The maximum Gasteiger partial charge on any atom is 0.202 e. The van der Waals surface area contributed by atoms with Crippen molar-refractivity contribution in [2.75, 3.05) is 32.8 Å². The molecule has 2 N–H and O–H groups in total. The molecule has 1 aromatic heterocycles.